The zero-order chi connectivity index (χ0) is 26.4. The fourth-order valence-electron chi connectivity index (χ4n) is 4.92. The number of likely N-dealkylation sites (tertiary alicyclic amines) is 1. The molecule has 37 heavy (non-hydrogen) atoms. The van der Waals surface area contributed by atoms with Crippen LogP contribution in [0.2, 0.25) is 0 Å². The van der Waals surface area contributed by atoms with Crippen molar-refractivity contribution in [3.63, 3.8) is 0 Å². The molecule has 2 unspecified atom stereocenters. The van der Waals surface area contributed by atoms with Gasteiger partial charge in [-0.05, 0) is 47.0 Å². The van der Waals surface area contributed by atoms with Crippen LogP contribution in [0.5, 0.6) is 0 Å². The Morgan fingerprint density at radius 1 is 1.03 bits per heavy atom. The lowest BCUT2D eigenvalue weighted by Crippen LogP contribution is -2.32. The summed E-state index contributed by atoms with van der Waals surface area (Å²) in [5.74, 6) is -2.11. The van der Waals surface area contributed by atoms with Crippen molar-refractivity contribution in [1.29, 1.82) is 5.26 Å². The number of nitriles is 1. The van der Waals surface area contributed by atoms with Crippen LogP contribution in [-0.4, -0.2) is 46.8 Å². The maximum Gasteiger partial charge on any atom is 0.346 e. The maximum absolute atomic E-state index is 13.4. The Morgan fingerprint density at radius 2 is 1.68 bits per heavy atom. The molecule has 2 atom stereocenters. The summed E-state index contributed by atoms with van der Waals surface area (Å²) in [5.41, 5.74) is 3.38. The molecule has 0 saturated carbocycles. The topological polar surface area (TPSA) is 102 Å². The lowest BCUT2D eigenvalue weighted by Gasteiger charge is -2.26. The molecule has 1 aromatic heterocycles. The molecule has 3 aromatic rings. The summed E-state index contributed by atoms with van der Waals surface area (Å²) in [6, 6.07) is 20.2. The molecular weight excluding hydrogens is 554 g/mol. The Bertz CT molecular complexity index is 1550. The van der Waals surface area contributed by atoms with E-state index in [1.54, 1.807) is 36.0 Å². The van der Waals surface area contributed by atoms with Gasteiger partial charge in [-0.25, -0.2) is 4.79 Å². The number of halogens is 1. The molecule has 2 amide bonds. The van der Waals surface area contributed by atoms with Crippen molar-refractivity contribution in [3.8, 4) is 16.5 Å². The Labute approximate surface area is 225 Å². The molecule has 0 bridgehead atoms. The largest absolute Gasteiger partial charge is 0.477 e. The number of carboxylic acids is 1. The van der Waals surface area contributed by atoms with E-state index in [2.05, 4.69) is 15.9 Å². The van der Waals surface area contributed by atoms with Gasteiger partial charge in [-0.15, -0.1) is 11.3 Å². The van der Waals surface area contributed by atoms with Crippen LogP contribution in [0.15, 0.2) is 76.3 Å². The summed E-state index contributed by atoms with van der Waals surface area (Å²) in [6.07, 6.45) is 1.35. The number of nitrogens with zero attached hydrogens (tertiary/aromatic N) is 3. The van der Waals surface area contributed by atoms with Crippen LogP contribution in [0.3, 0.4) is 0 Å². The molecule has 0 spiro atoms. The number of aliphatic carboxylic acids is 1. The van der Waals surface area contributed by atoms with E-state index in [1.165, 1.54) is 17.4 Å². The van der Waals surface area contributed by atoms with Gasteiger partial charge in [-0.1, -0.05) is 52.3 Å². The van der Waals surface area contributed by atoms with Crippen LogP contribution < -0.4 is 0 Å². The minimum atomic E-state index is -1.26. The number of fused-ring (bicyclic) bond motifs is 1. The summed E-state index contributed by atoms with van der Waals surface area (Å²) in [6.45, 7) is 0. The van der Waals surface area contributed by atoms with Gasteiger partial charge in [0.15, 0.2) is 0 Å². The monoisotopic (exact) mass is 573 g/mol. The van der Waals surface area contributed by atoms with Crippen LogP contribution in [0.25, 0.3) is 22.2 Å². The molecule has 7 nitrogen and oxygen atoms in total. The molecule has 1 N–H and O–H groups in total. The minimum absolute atomic E-state index is 0.110. The van der Waals surface area contributed by atoms with Gasteiger partial charge in [0.25, 0.3) is 5.91 Å². The molecule has 0 radical (unpaired) electrons. The summed E-state index contributed by atoms with van der Waals surface area (Å²) < 4.78 is 0.927. The van der Waals surface area contributed by atoms with Crippen molar-refractivity contribution in [2.24, 2.45) is 5.92 Å². The van der Waals surface area contributed by atoms with Gasteiger partial charge in [0.2, 0.25) is 5.91 Å². The number of carboxylic acid groups (broad SMARTS) is 1. The van der Waals surface area contributed by atoms with E-state index in [4.69, 9.17) is 10.4 Å². The molecule has 2 aromatic carbocycles. The summed E-state index contributed by atoms with van der Waals surface area (Å²) in [4.78, 5) is 42.7. The van der Waals surface area contributed by atoms with Gasteiger partial charge >= 0.3 is 5.97 Å². The van der Waals surface area contributed by atoms with E-state index >= 15 is 0 Å². The highest BCUT2D eigenvalue weighted by atomic mass is 79.9. The summed E-state index contributed by atoms with van der Waals surface area (Å²) >= 11 is 4.81. The number of rotatable bonds is 5. The SMILES string of the molecule is CN1C(=O)C2C(=C1c1ccc(-c3ccc(/C=C(/C#N)C(=O)O)s3)cc1)C(=O)N(C)C2c1ccc(Br)cc1. The van der Waals surface area contributed by atoms with Gasteiger partial charge in [0.1, 0.15) is 11.6 Å². The Balaban J connectivity index is 1.49. The van der Waals surface area contributed by atoms with Crippen LogP contribution in [0, 0.1) is 17.2 Å². The maximum atomic E-state index is 13.4. The third-order valence-corrected chi connectivity index (χ3v) is 8.31. The van der Waals surface area contributed by atoms with Crippen LogP contribution >= 0.6 is 27.3 Å². The third-order valence-electron chi connectivity index (χ3n) is 6.70. The highest BCUT2D eigenvalue weighted by molar-refractivity contribution is 9.10. The second kappa shape index (κ2) is 9.47. The standard InChI is InChI=1S/C28H20BrN3O4S/c1-31-24(22-23(27(31)34)25(32(2)26(22)33)17-7-9-19(29)10-8-17)16-5-3-15(4-6-16)21-12-11-20(37-21)13-18(14-30)28(35)36/h3-13,23,25H,1-2H3,(H,35,36)/b18-13-. The number of hydrogen-bond donors (Lipinski definition) is 1. The predicted octanol–water partition coefficient (Wildman–Crippen LogP) is 5.18. The number of carbonyl (C=O) groups is 3. The van der Waals surface area contributed by atoms with Crippen LogP contribution in [0.4, 0.5) is 0 Å². The van der Waals surface area contributed by atoms with Crippen molar-refractivity contribution in [2.45, 2.75) is 6.04 Å². The van der Waals surface area contributed by atoms with E-state index in [9.17, 15) is 14.4 Å². The van der Waals surface area contributed by atoms with E-state index in [1.807, 2.05) is 54.6 Å². The smallest absolute Gasteiger partial charge is 0.346 e. The fraction of sp³-hybridized carbons (Fsp3) is 0.143. The Kier molecular flexibility index (Phi) is 6.31. The van der Waals surface area contributed by atoms with Gasteiger partial charge < -0.3 is 14.9 Å². The summed E-state index contributed by atoms with van der Waals surface area (Å²) in [5, 5.41) is 18.1. The van der Waals surface area contributed by atoms with Gasteiger partial charge in [0, 0.05) is 28.3 Å². The molecule has 9 heteroatoms. The molecular formula is C28H20BrN3O4S. The van der Waals surface area contributed by atoms with Gasteiger partial charge in [0.05, 0.1) is 23.2 Å². The van der Waals surface area contributed by atoms with Gasteiger partial charge in [-0.2, -0.15) is 5.26 Å². The third kappa shape index (κ3) is 4.18. The average Bonchev–Trinajstić information content (AvgIpc) is 3.53. The quantitative estimate of drug-likeness (QED) is 0.334. The molecule has 1 saturated heterocycles. The zero-order valence-corrected chi connectivity index (χ0v) is 22.2. The number of amides is 2. The number of benzene rings is 2. The number of thiophene rings is 1. The normalized spacial score (nSPS) is 19.5. The van der Waals surface area contributed by atoms with Crippen LogP contribution in [-0.2, 0) is 14.4 Å². The van der Waals surface area contributed by atoms with E-state index in [-0.39, 0.29) is 23.4 Å². The number of carbonyl (C=O) groups excluding carboxylic acids is 2. The second-order valence-electron chi connectivity index (χ2n) is 8.80. The highest BCUT2D eigenvalue weighted by Gasteiger charge is 2.54. The lowest BCUT2D eigenvalue weighted by atomic mass is 9.90. The molecule has 2 aliphatic heterocycles. The zero-order valence-electron chi connectivity index (χ0n) is 19.8. The first kappa shape index (κ1) is 24.7. The molecule has 3 heterocycles. The fourth-order valence-corrected chi connectivity index (χ4v) is 6.15. The first-order valence-electron chi connectivity index (χ1n) is 11.3. The summed E-state index contributed by atoms with van der Waals surface area (Å²) in [7, 11) is 3.44. The van der Waals surface area contributed by atoms with E-state index in [0.717, 1.165) is 26.0 Å². The number of hydrogen-bond acceptors (Lipinski definition) is 5. The van der Waals surface area contributed by atoms with Gasteiger partial charge in [-0.3, -0.25) is 9.59 Å². The minimum Gasteiger partial charge on any atom is -0.477 e. The van der Waals surface area contributed by atoms with Crippen molar-refractivity contribution in [1.82, 2.24) is 9.80 Å². The molecule has 184 valence electrons. The molecule has 0 aliphatic carbocycles. The molecule has 5 rings (SSSR count). The highest BCUT2D eigenvalue weighted by Crippen LogP contribution is 2.49. The lowest BCUT2D eigenvalue weighted by molar-refractivity contribution is -0.132. The van der Waals surface area contributed by atoms with E-state index < -0.39 is 11.9 Å². The van der Waals surface area contributed by atoms with E-state index in [0.29, 0.717) is 16.1 Å². The average molecular weight is 574 g/mol. The van der Waals surface area contributed by atoms with Crippen molar-refractivity contribution in [2.75, 3.05) is 14.1 Å². The Hall–Kier alpha value is -4.00. The van der Waals surface area contributed by atoms with Crippen molar-refractivity contribution >= 4 is 56.8 Å². The Morgan fingerprint density at radius 3 is 2.30 bits per heavy atom. The van der Waals surface area contributed by atoms with Crippen LogP contribution in [0.1, 0.15) is 22.0 Å². The molecule has 2 aliphatic rings. The second-order valence-corrected chi connectivity index (χ2v) is 10.8. The first-order valence-corrected chi connectivity index (χ1v) is 12.9. The molecule has 1 fully saturated rings. The van der Waals surface area contributed by atoms with Crippen molar-refractivity contribution < 1.29 is 19.5 Å². The first-order chi connectivity index (χ1) is 17.7. The van der Waals surface area contributed by atoms with Crippen molar-refractivity contribution in [3.05, 3.63) is 92.3 Å². The predicted molar refractivity (Wildman–Crippen MR) is 144 cm³/mol. The number of likely N-dealkylation sites (N-methyl/N-ethyl adjacent to an activating group) is 1.